The predicted octanol–water partition coefficient (Wildman–Crippen LogP) is 1.10. The first-order valence-electron chi connectivity index (χ1n) is 4.53. The third-order valence-electron chi connectivity index (χ3n) is 1.91. The zero-order valence-corrected chi connectivity index (χ0v) is 8.48. The number of anilines is 1. The van der Waals surface area contributed by atoms with Crippen molar-refractivity contribution in [1.29, 1.82) is 0 Å². The number of alkyl halides is 2. The van der Waals surface area contributed by atoms with E-state index < -0.39 is 6.43 Å². The number of aliphatic hydroxyl groups is 1. The Morgan fingerprint density at radius 1 is 1.50 bits per heavy atom. The van der Waals surface area contributed by atoms with E-state index in [1.165, 1.54) is 24.4 Å². The van der Waals surface area contributed by atoms with Crippen LogP contribution in [0.2, 0.25) is 0 Å². The first-order valence-corrected chi connectivity index (χ1v) is 4.53. The number of hydrogen-bond donors (Lipinski definition) is 3. The molecule has 0 atom stereocenters. The molecule has 0 heterocycles. The van der Waals surface area contributed by atoms with Gasteiger partial charge in [0.1, 0.15) is 0 Å². The first-order chi connectivity index (χ1) is 7.54. The molecule has 0 radical (unpaired) electrons. The Balaban J connectivity index is 2.91. The van der Waals surface area contributed by atoms with E-state index in [1.54, 1.807) is 6.07 Å². The third-order valence-corrected chi connectivity index (χ3v) is 1.91. The number of benzene rings is 1. The predicted molar refractivity (Wildman–Crippen MR) is 57.4 cm³/mol. The molecule has 0 aliphatic carbocycles. The lowest BCUT2D eigenvalue weighted by atomic mass is 10.2. The van der Waals surface area contributed by atoms with E-state index in [1.807, 2.05) is 0 Å². The third kappa shape index (κ3) is 3.18. The molecule has 16 heavy (non-hydrogen) atoms. The molecule has 1 rings (SSSR count). The summed E-state index contributed by atoms with van der Waals surface area (Å²) in [6, 6.07) is 5.60. The van der Waals surface area contributed by atoms with Crippen molar-refractivity contribution in [3.05, 3.63) is 41.7 Å². The van der Waals surface area contributed by atoms with Crippen LogP contribution in [0.4, 0.5) is 14.5 Å². The lowest BCUT2D eigenvalue weighted by Crippen LogP contribution is -2.26. The Hall–Kier alpha value is -1.66. The molecule has 0 amide bonds. The summed E-state index contributed by atoms with van der Waals surface area (Å²) in [7, 11) is 0. The van der Waals surface area contributed by atoms with Crippen molar-refractivity contribution in [1.82, 2.24) is 0 Å². The van der Waals surface area contributed by atoms with Gasteiger partial charge in [-0.3, -0.25) is 5.01 Å². The molecular formula is C10H13F2N3O. The van der Waals surface area contributed by atoms with E-state index in [2.05, 4.69) is 0 Å². The molecule has 0 aromatic heterocycles. The summed E-state index contributed by atoms with van der Waals surface area (Å²) in [5, 5.41) is 9.76. The standard InChI is InChI=1S/C10H13F2N3O/c11-10(12)7-2-1-3-9(4-7)15(14)5-8(13)6-16/h1-5,10,16H,6,13-14H2/b8-5-. The van der Waals surface area contributed by atoms with E-state index in [0.717, 1.165) is 5.01 Å². The molecule has 4 nitrogen and oxygen atoms in total. The summed E-state index contributed by atoms with van der Waals surface area (Å²) < 4.78 is 24.8. The SMILES string of the molecule is N/C(=C\N(N)c1cccc(C(F)F)c1)CO. The summed E-state index contributed by atoms with van der Waals surface area (Å²) in [5.74, 6) is 5.56. The normalized spacial score (nSPS) is 11.9. The molecule has 0 saturated heterocycles. The Labute approximate surface area is 91.7 Å². The Morgan fingerprint density at radius 3 is 2.75 bits per heavy atom. The van der Waals surface area contributed by atoms with Gasteiger partial charge in [0.2, 0.25) is 0 Å². The Bertz CT molecular complexity index is 382. The van der Waals surface area contributed by atoms with Crippen LogP contribution in [-0.4, -0.2) is 11.7 Å². The van der Waals surface area contributed by atoms with Gasteiger partial charge in [-0.15, -0.1) is 0 Å². The van der Waals surface area contributed by atoms with Crippen LogP contribution in [0.25, 0.3) is 0 Å². The maximum Gasteiger partial charge on any atom is 0.263 e. The van der Waals surface area contributed by atoms with E-state index in [0.29, 0.717) is 5.69 Å². The largest absolute Gasteiger partial charge is 0.399 e. The quantitative estimate of drug-likeness (QED) is 0.533. The van der Waals surface area contributed by atoms with Crippen LogP contribution in [0.15, 0.2) is 36.2 Å². The van der Waals surface area contributed by atoms with E-state index >= 15 is 0 Å². The first kappa shape index (κ1) is 12.4. The molecule has 6 heteroatoms. The van der Waals surface area contributed by atoms with Crippen LogP contribution in [0.1, 0.15) is 12.0 Å². The zero-order chi connectivity index (χ0) is 12.1. The summed E-state index contributed by atoms with van der Waals surface area (Å²) in [4.78, 5) is 0. The van der Waals surface area contributed by atoms with Crippen molar-refractivity contribution in [2.75, 3.05) is 11.6 Å². The van der Waals surface area contributed by atoms with Crippen LogP contribution in [0, 0.1) is 0 Å². The summed E-state index contributed by atoms with van der Waals surface area (Å²) >= 11 is 0. The molecule has 0 saturated carbocycles. The molecular weight excluding hydrogens is 216 g/mol. The molecule has 0 unspecified atom stereocenters. The van der Waals surface area contributed by atoms with Gasteiger partial charge in [-0.2, -0.15) is 0 Å². The fourth-order valence-electron chi connectivity index (χ4n) is 1.12. The second kappa shape index (κ2) is 5.43. The maximum atomic E-state index is 12.4. The van der Waals surface area contributed by atoms with Gasteiger partial charge in [0, 0.05) is 11.8 Å². The van der Waals surface area contributed by atoms with E-state index in [9.17, 15) is 8.78 Å². The zero-order valence-electron chi connectivity index (χ0n) is 8.48. The molecule has 1 aromatic rings. The van der Waals surface area contributed by atoms with Crippen molar-refractivity contribution < 1.29 is 13.9 Å². The molecule has 0 spiro atoms. The Morgan fingerprint density at radius 2 is 2.19 bits per heavy atom. The van der Waals surface area contributed by atoms with Gasteiger partial charge in [-0.25, -0.2) is 14.6 Å². The minimum atomic E-state index is -2.55. The number of rotatable bonds is 4. The highest BCUT2D eigenvalue weighted by Gasteiger charge is 2.08. The molecule has 88 valence electrons. The number of aliphatic hydroxyl groups excluding tert-OH is 1. The van der Waals surface area contributed by atoms with Gasteiger partial charge in [-0.05, 0) is 12.1 Å². The monoisotopic (exact) mass is 229 g/mol. The second-order valence-electron chi connectivity index (χ2n) is 3.17. The van der Waals surface area contributed by atoms with Crippen molar-refractivity contribution in [3.63, 3.8) is 0 Å². The number of hydrogen-bond acceptors (Lipinski definition) is 4. The van der Waals surface area contributed by atoms with Crippen molar-refractivity contribution in [2.45, 2.75) is 6.43 Å². The van der Waals surface area contributed by atoms with Gasteiger partial charge in [0.15, 0.2) is 0 Å². The molecule has 1 aromatic carbocycles. The Kier molecular flexibility index (Phi) is 4.21. The van der Waals surface area contributed by atoms with Gasteiger partial charge >= 0.3 is 0 Å². The highest BCUT2D eigenvalue weighted by Crippen LogP contribution is 2.22. The lowest BCUT2D eigenvalue weighted by molar-refractivity contribution is 0.151. The smallest absolute Gasteiger partial charge is 0.263 e. The number of hydrazine groups is 1. The second-order valence-corrected chi connectivity index (χ2v) is 3.17. The van der Waals surface area contributed by atoms with Crippen molar-refractivity contribution in [3.8, 4) is 0 Å². The van der Waals surface area contributed by atoms with Crippen LogP contribution >= 0.6 is 0 Å². The van der Waals surface area contributed by atoms with Crippen LogP contribution in [0.5, 0.6) is 0 Å². The van der Waals surface area contributed by atoms with Gasteiger partial charge in [0.25, 0.3) is 6.43 Å². The van der Waals surface area contributed by atoms with Gasteiger partial charge in [0.05, 0.1) is 18.0 Å². The summed E-state index contributed by atoms with van der Waals surface area (Å²) in [5.41, 5.74) is 5.74. The molecule has 0 aliphatic heterocycles. The van der Waals surface area contributed by atoms with Crippen LogP contribution in [-0.2, 0) is 0 Å². The highest BCUT2D eigenvalue weighted by molar-refractivity contribution is 5.50. The fraction of sp³-hybridized carbons (Fsp3) is 0.200. The van der Waals surface area contributed by atoms with Gasteiger partial charge < -0.3 is 10.8 Å². The highest BCUT2D eigenvalue weighted by atomic mass is 19.3. The van der Waals surface area contributed by atoms with E-state index in [-0.39, 0.29) is 17.9 Å². The fourth-order valence-corrected chi connectivity index (χ4v) is 1.12. The van der Waals surface area contributed by atoms with Crippen LogP contribution in [0.3, 0.4) is 0 Å². The van der Waals surface area contributed by atoms with Crippen molar-refractivity contribution >= 4 is 5.69 Å². The summed E-state index contributed by atoms with van der Waals surface area (Å²) in [6.45, 7) is -0.345. The minimum Gasteiger partial charge on any atom is -0.399 e. The average Bonchev–Trinajstić information content (AvgIpc) is 2.28. The molecule has 0 fully saturated rings. The molecule has 5 N–H and O–H groups in total. The maximum absolute atomic E-state index is 12.4. The van der Waals surface area contributed by atoms with E-state index in [4.69, 9.17) is 16.7 Å². The number of nitrogens with two attached hydrogens (primary N) is 2. The van der Waals surface area contributed by atoms with Crippen molar-refractivity contribution in [2.24, 2.45) is 11.6 Å². The van der Waals surface area contributed by atoms with Crippen LogP contribution < -0.4 is 16.6 Å². The summed E-state index contributed by atoms with van der Waals surface area (Å²) in [6.07, 6.45) is -1.28. The molecule has 0 aliphatic rings. The number of halogens is 2. The van der Waals surface area contributed by atoms with Gasteiger partial charge in [-0.1, -0.05) is 12.1 Å². The molecule has 0 bridgehead atoms. The average molecular weight is 229 g/mol. The number of nitrogens with zero attached hydrogens (tertiary/aromatic N) is 1. The topological polar surface area (TPSA) is 75.5 Å². The minimum absolute atomic E-state index is 0.121. The lowest BCUT2D eigenvalue weighted by Gasteiger charge is -2.15.